The Morgan fingerprint density at radius 3 is 1.29 bits per heavy atom. The van der Waals surface area contributed by atoms with Gasteiger partial charge in [-0.15, -0.1) is 0 Å². The molecule has 0 aliphatic carbocycles. The van der Waals surface area contributed by atoms with E-state index in [1.54, 1.807) is 7.11 Å². The molecule has 6 aromatic carbocycles. The summed E-state index contributed by atoms with van der Waals surface area (Å²) in [4.78, 5) is -0.363. The molecule has 10 unspecified atom stereocenters. The van der Waals surface area contributed by atoms with Crippen molar-refractivity contribution in [3.8, 4) is 0 Å². The van der Waals surface area contributed by atoms with Crippen LogP contribution in [0, 0.1) is 0 Å². The molecule has 0 saturated carbocycles. The molecule has 340 valence electrons. The average Bonchev–Trinajstić information content (AvgIpc) is 3.37. The van der Waals surface area contributed by atoms with Gasteiger partial charge < -0.3 is 0 Å². The van der Waals surface area contributed by atoms with Crippen LogP contribution >= 0.6 is 0 Å². The molecule has 0 aromatic heterocycles. The van der Waals surface area contributed by atoms with Gasteiger partial charge in [-0.25, -0.2) is 0 Å². The topological polar surface area (TPSA) is 103 Å². The van der Waals surface area contributed by atoms with E-state index in [1.165, 1.54) is 0 Å². The average molecular weight is 946 g/mol. The fourth-order valence-electron chi connectivity index (χ4n) is 8.13. The monoisotopic (exact) mass is 946 g/mol. The number of hydrogen-bond donors (Lipinski definition) is 1. The fraction of sp³-hybridized carbons (Fsp3) is 0.333. The molecule has 0 spiro atoms. The molecule has 2 aliphatic rings. The Morgan fingerprint density at radius 1 is 0.431 bits per heavy atom. The molecule has 11 heteroatoms. The van der Waals surface area contributed by atoms with Gasteiger partial charge in [-0.1, -0.05) is 0 Å². The van der Waals surface area contributed by atoms with Gasteiger partial charge in [-0.2, -0.15) is 0 Å². The van der Waals surface area contributed by atoms with Crippen molar-refractivity contribution in [2.45, 2.75) is 93.2 Å². The molecule has 10 atom stereocenters. The van der Waals surface area contributed by atoms with Gasteiger partial charge in [-0.3, -0.25) is 0 Å². The molecule has 6 aromatic rings. The zero-order chi connectivity index (χ0) is 44.5. The standard InChI is InChI=1S/C54H58O10Se/c1-56-53-51(61-37-43-28-16-6-17-29-43)49(59-35-41-24-12-4-13-25-41)48(45(32-55)62-53)64-54-52(65-44-30-18-7-19-31-44)50(60-36-42-26-14-5-15-27-42)47(58-34-40-22-10-3-11-23-40)46(63-54)38-57-33-39-20-8-2-9-21-39/h2-31,45-55H,32-38H2,1H3. The van der Waals surface area contributed by atoms with Crippen LogP contribution in [0.15, 0.2) is 182 Å². The third-order valence-electron chi connectivity index (χ3n) is 11.4. The molecule has 2 fully saturated rings. The van der Waals surface area contributed by atoms with E-state index in [0.717, 1.165) is 32.3 Å². The normalized spacial score (nSPS) is 25.6. The van der Waals surface area contributed by atoms with Crippen molar-refractivity contribution in [2.24, 2.45) is 0 Å². The Labute approximate surface area is 388 Å². The molecule has 65 heavy (non-hydrogen) atoms. The summed E-state index contributed by atoms with van der Waals surface area (Å²) in [5.74, 6) is 0. The Kier molecular flexibility index (Phi) is 17.9. The van der Waals surface area contributed by atoms with Crippen LogP contribution < -0.4 is 4.46 Å². The predicted molar refractivity (Wildman–Crippen MR) is 248 cm³/mol. The van der Waals surface area contributed by atoms with Crippen molar-refractivity contribution in [1.29, 1.82) is 0 Å². The van der Waals surface area contributed by atoms with Gasteiger partial charge in [0, 0.05) is 0 Å². The summed E-state index contributed by atoms with van der Waals surface area (Å²) in [6, 6.07) is 60.6. The van der Waals surface area contributed by atoms with E-state index in [-0.39, 0.29) is 46.2 Å². The number of aliphatic hydroxyl groups is 1. The van der Waals surface area contributed by atoms with Crippen LogP contribution in [0.1, 0.15) is 27.8 Å². The van der Waals surface area contributed by atoms with Crippen molar-refractivity contribution < 1.29 is 47.7 Å². The number of hydrogen-bond acceptors (Lipinski definition) is 10. The Morgan fingerprint density at radius 2 is 0.831 bits per heavy atom. The molecule has 2 saturated heterocycles. The van der Waals surface area contributed by atoms with Crippen LogP contribution in [-0.2, 0) is 75.7 Å². The summed E-state index contributed by atoms with van der Waals surface area (Å²) in [5, 5.41) is 11.1. The third kappa shape index (κ3) is 13.3. The molecule has 2 heterocycles. The predicted octanol–water partition coefficient (Wildman–Crippen LogP) is 7.84. The van der Waals surface area contributed by atoms with Gasteiger partial charge in [0.25, 0.3) is 0 Å². The zero-order valence-corrected chi connectivity index (χ0v) is 38.3. The van der Waals surface area contributed by atoms with E-state index in [1.807, 2.05) is 146 Å². The molecule has 0 amide bonds. The van der Waals surface area contributed by atoms with Crippen LogP contribution in [0.25, 0.3) is 0 Å². The van der Waals surface area contributed by atoms with Crippen molar-refractivity contribution in [1.82, 2.24) is 0 Å². The summed E-state index contributed by atoms with van der Waals surface area (Å²) < 4.78 is 62.3. The Bertz CT molecular complexity index is 2210. The summed E-state index contributed by atoms with van der Waals surface area (Å²) >= 11 is -0.277. The number of methoxy groups -OCH3 is 1. The summed E-state index contributed by atoms with van der Waals surface area (Å²) in [7, 11) is 1.57. The maximum atomic E-state index is 11.1. The number of aliphatic hydroxyl groups excluding tert-OH is 1. The minimum absolute atomic E-state index is 0.192. The maximum absolute atomic E-state index is 11.1. The van der Waals surface area contributed by atoms with Gasteiger partial charge >= 0.3 is 390 Å². The number of rotatable bonds is 22. The van der Waals surface area contributed by atoms with E-state index in [2.05, 4.69) is 36.4 Å². The molecular weight excluding hydrogens is 888 g/mol. The zero-order valence-electron chi connectivity index (χ0n) is 36.6. The third-order valence-corrected chi connectivity index (χ3v) is 14.2. The second-order valence-corrected chi connectivity index (χ2v) is 18.7. The SMILES string of the molecule is COC1OC(CO)C(OC2OC(COCc3ccccc3)C(OCc3ccccc3)C(OCc3ccccc3)C2[Se]c2ccccc2)C(OCc2ccccc2)C1OCc1ccccc1. The van der Waals surface area contributed by atoms with Crippen LogP contribution in [0.4, 0.5) is 0 Å². The number of ether oxygens (including phenoxy) is 9. The van der Waals surface area contributed by atoms with E-state index in [0.29, 0.717) is 19.8 Å². The fourth-order valence-corrected chi connectivity index (χ4v) is 10.7. The summed E-state index contributed by atoms with van der Waals surface area (Å²) in [5.41, 5.74) is 5.04. The minimum atomic E-state index is -0.891. The van der Waals surface area contributed by atoms with E-state index in [4.69, 9.17) is 42.6 Å². The van der Waals surface area contributed by atoms with Crippen molar-refractivity contribution >= 4 is 19.4 Å². The Balaban J connectivity index is 1.17. The first-order valence-corrected chi connectivity index (χ1v) is 24.0. The van der Waals surface area contributed by atoms with Crippen LogP contribution in [0.5, 0.6) is 0 Å². The summed E-state index contributed by atoms with van der Waals surface area (Å²) in [6.45, 7) is 1.39. The second kappa shape index (κ2) is 24.8. The first-order chi connectivity index (χ1) is 32.1. The quantitative estimate of drug-likeness (QED) is 0.0678. The van der Waals surface area contributed by atoms with Gasteiger partial charge in [0.2, 0.25) is 0 Å². The Hall–Kier alpha value is -4.56. The van der Waals surface area contributed by atoms with Gasteiger partial charge in [0.15, 0.2) is 0 Å². The molecular formula is C54H58O10Se. The van der Waals surface area contributed by atoms with E-state index in [9.17, 15) is 5.11 Å². The molecule has 0 radical (unpaired) electrons. The molecule has 0 bridgehead atoms. The van der Waals surface area contributed by atoms with Crippen molar-refractivity contribution in [3.63, 3.8) is 0 Å². The van der Waals surface area contributed by atoms with Crippen LogP contribution in [-0.4, -0.2) is 95.7 Å². The molecule has 1 N–H and O–H groups in total. The molecule has 2 aliphatic heterocycles. The van der Waals surface area contributed by atoms with Gasteiger partial charge in [-0.05, 0) is 0 Å². The van der Waals surface area contributed by atoms with Crippen molar-refractivity contribution in [3.05, 3.63) is 210 Å². The first kappa shape index (κ1) is 47.0. The van der Waals surface area contributed by atoms with E-state index >= 15 is 0 Å². The molecule has 10 nitrogen and oxygen atoms in total. The summed E-state index contributed by atoms with van der Waals surface area (Å²) in [6.07, 6.45) is -6.75. The van der Waals surface area contributed by atoms with Crippen molar-refractivity contribution in [2.75, 3.05) is 20.3 Å². The number of benzene rings is 6. The van der Waals surface area contributed by atoms with Gasteiger partial charge in [0.1, 0.15) is 0 Å². The first-order valence-electron chi connectivity index (χ1n) is 22.2. The second-order valence-electron chi connectivity index (χ2n) is 16.0. The van der Waals surface area contributed by atoms with Crippen LogP contribution in [0.2, 0.25) is 4.82 Å². The van der Waals surface area contributed by atoms with Gasteiger partial charge in [0.05, 0.1) is 0 Å². The molecule has 8 rings (SSSR count). The van der Waals surface area contributed by atoms with Crippen LogP contribution in [0.3, 0.4) is 0 Å². The van der Waals surface area contributed by atoms with E-state index < -0.39 is 55.3 Å².